The second kappa shape index (κ2) is 2.95. The molecule has 5 aliphatic rings. The lowest BCUT2D eigenvalue weighted by Crippen LogP contribution is -2.67. The molecule has 3 aliphatic carbocycles. The zero-order valence-electron chi connectivity index (χ0n) is 11.5. The summed E-state index contributed by atoms with van der Waals surface area (Å²) >= 11 is 0. The van der Waals surface area contributed by atoms with E-state index in [-0.39, 0.29) is 34.3 Å². The fraction of sp³-hybridized carbons (Fsp3) is 0.600. The summed E-state index contributed by atoms with van der Waals surface area (Å²) in [5, 5.41) is 0. The fourth-order valence-corrected chi connectivity index (χ4v) is 5.35. The van der Waals surface area contributed by atoms with Gasteiger partial charge < -0.3 is 0 Å². The number of nitrogens with zero attached hydrogens (tertiary/aromatic N) is 3. The lowest BCUT2D eigenvalue weighted by atomic mass is 9.39. The van der Waals surface area contributed by atoms with E-state index in [1.54, 1.807) is 16.4 Å². The zero-order valence-corrected chi connectivity index (χ0v) is 11.5. The molecule has 0 spiro atoms. The Bertz CT molecular complexity index is 808. The van der Waals surface area contributed by atoms with Crippen LogP contribution in [0.1, 0.15) is 37.8 Å². The van der Waals surface area contributed by atoms with Crippen LogP contribution in [-0.4, -0.2) is 13.9 Å². The van der Waals surface area contributed by atoms with Crippen LogP contribution in [0.5, 0.6) is 0 Å². The Labute approximate surface area is 115 Å². The molecular weight excluding hydrogens is 254 g/mol. The van der Waals surface area contributed by atoms with Gasteiger partial charge in [-0.15, -0.1) is 0 Å². The van der Waals surface area contributed by atoms with Gasteiger partial charge in [0.2, 0.25) is 0 Å². The van der Waals surface area contributed by atoms with Crippen molar-refractivity contribution < 1.29 is 0 Å². The third-order valence-corrected chi connectivity index (χ3v) is 6.38. The molecule has 5 heteroatoms. The number of aromatic nitrogens is 3. The summed E-state index contributed by atoms with van der Waals surface area (Å²) in [7, 11) is 1.58. The second-order valence-electron chi connectivity index (χ2n) is 6.73. The van der Waals surface area contributed by atoms with Gasteiger partial charge in [-0.1, -0.05) is 24.3 Å². The van der Waals surface area contributed by atoms with E-state index in [0.717, 1.165) is 19.3 Å². The van der Waals surface area contributed by atoms with Gasteiger partial charge in [0.15, 0.2) is 0 Å². The van der Waals surface area contributed by atoms with Crippen LogP contribution in [0.4, 0.5) is 0 Å². The molecule has 20 heavy (non-hydrogen) atoms. The number of hydrogen-bond donors (Lipinski definition) is 0. The summed E-state index contributed by atoms with van der Waals surface area (Å²) in [6.45, 7) is 0. The SMILES string of the molecule is Cn1c(=O)n2n(c1=O)[C@H]1C=CC2C23C=CCC[C@]12CC3. The van der Waals surface area contributed by atoms with Gasteiger partial charge in [-0.3, -0.25) is 0 Å². The molecule has 1 fully saturated rings. The summed E-state index contributed by atoms with van der Waals surface area (Å²) in [6.07, 6.45) is 13.4. The first-order valence-electron chi connectivity index (χ1n) is 7.38. The van der Waals surface area contributed by atoms with Crippen LogP contribution in [0, 0.1) is 10.8 Å². The lowest BCUT2D eigenvalue weighted by molar-refractivity contribution is -0.154. The molecule has 3 heterocycles. The Morgan fingerprint density at radius 3 is 2.45 bits per heavy atom. The summed E-state index contributed by atoms with van der Waals surface area (Å²) in [5.41, 5.74) is -0.108. The Kier molecular flexibility index (Phi) is 1.61. The smallest absolute Gasteiger partial charge is 0.246 e. The van der Waals surface area contributed by atoms with Crippen molar-refractivity contribution in [3.63, 3.8) is 0 Å². The second-order valence-corrected chi connectivity index (χ2v) is 6.73. The van der Waals surface area contributed by atoms with Crippen LogP contribution in [0.3, 0.4) is 0 Å². The maximum atomic E-state index is 12.4. The van der Waals surface area contributed by atoms with Crippen LogP contribution in [0.25, 0.3) is 0 Å². The average Bonchev–Trinajstić information content (AvgIpc) is 2.67. The highest BCUT2D eigenvalue weighted by Gasteiger charge is 2.69. The van der Waals surface area contributed by atoms with E-state index in [1.165, 1.54) is 11.0 Å². The maximum absolute atomic E-state index is 12.4. The van der Waals surface area contributed by atoms with E-state index in [9.17, 15) is 9.59 Å². The van der Waals surface area contributed by atoms with E-state index in [1.807, 2.05) is 0 Å². The van der Waals surface area contributed by atoms with Gasteiger partial charge >= 0.3 is 11.4 Å². The minimum Gasteiger partial charge on any atom is -0.246 e. The first kappa shape index (κ1) is 10.9. The van der Waals surface area contributed by atoms with Gasteiger partial charge in [0, 0.05) is 17.9 Å². The van der Waals surface area contributed by atoms with Crippen molar-refractivity contribution in [1.29, 1.82) is 0 Å². The molecule has 1 aromatic rings. The van der Waals surface area contributed by atoms with E-state index in [2.05, 4.69) is 24.3 Å². The zero-order chi connectivity index (χ0) is 13.7. The molecule has 0 aromatic carbocycles. The van der Waals surface area contributed by atoms with Crippen LogP contribution < -0.4 is 11.4 Å². The largest absolute Gasteiger partial charge is 0.347 e. The van der Waals surface area contributed by atoms with Crippen LogP contribution in [0.2, 0.25) is 0 Å². The number of allylic oxidation sites excluding steroid dienone is 4. The third-order valence-electron chi connectivity index (χ3n) is 6.38. The quantitative estimate of drug-likeness (QED) is 0.664. The lowest BCUT2D eigenvalue weighted by Gasteiger charge is -2.69. The summed E-state index contributed by atoms with van der Waals surface area (Å²) in [5.74, 6) is 0. The molecule has 1 saturated carbocycles. The highest BCUT2D eigenvalue weighted by atomic mass is 16.2. The van der Waals surface area contributed by atoms with Crippen molar-refractivity contribution in [3.05, 3.63) is 45.3 Å². The molecule has 1 aromatic heterocycles. The first-order valence-corrected chi connectivity index (χ1v) is 7.38. The van der Waals surface area contributed by atoms with Crippen molar-refractivity contribution in [3.8, 4) is 0 Å². The minimum absolute atomic E-state index is 0.0131. The van der Waals surface area contributed by atoms with Gasteiger partial charge in [0.1, 0.15) is 0 Å². The first-order chi connectivity index (χ1) is 9.62. The molecule has 6 rings (SSSR count). The highest BCUT2D eigenvalue weighted by Crippen LogP contribution is 2.74. The molecule has 104 valence electrons. The van der Waals surface area contributed by atoms with Crippen molar-refractivity contribution in [2.75, 3.05) is 0 Å². The van der Waals surface area contributed by atoms with Crippen LogP contribution >= 0.6 is 0 Å². The molecule has 0 N–H and O–H groups in total. The third kappa shape index (κ3) is 0.807. The van der Waals surface area contributed by atoms with Gasteiger partial charge in [-0.2, -0.15) is 0 Å². The van der Waals surface area contributed by atoms with Gasteiger partial charge in [0.05, 0.1) is 12.1 Å². The standard InChI is InChI=1S/C15H17N3O2/c1-16-12(19)17-10-4-5-11(18(17)13(16)20)15-7-3-2-6-14(10,15)8-9-15/h2,4-6,10-11H,3,7-9H2,1H3/t10?,11-,14?,15-/m0/s1. The van der Waals surface area contributed by atoms with Crippen LogP contribution in [0.15, 0.2) is 33.9 Å². The Morgan fingerprint density at radius 1 is 1.05 bits per heavy atom. The average molecular weight is 271 g/mol. The summed E-state index contributed by atoms with van der Waals surface area (Å²) < 4.78 is 4.68. The van der Waals surface area contributed by atoms with E-state index < -0.39 is 0 Å². The molecule has 0 saturated heterocycles. The topological polar surface area (TPSA) is 48.9 Å². The number of hydrogen-bond acceptors (Lipinski definition) is 2. The normalized spacial score (nSPS) is 42.9. The van der Waals surface area contributed by atoms with Crippen molar-refractivity contribution in [1.82, 2.24) is 13.9 Å². The summed E-state index contributed by atoms with van der Waals surface area (Å²) in [6, 6.07) is 0.0619. The minimum atomic E-state index is -0.178. The molecule has 5 nitrogen and oxygen atoms in total. The van der Waals surface area contributed by atoms with E-state index >= 15 is 0 Å². The van der Waals surface area contributed by atoms with Crippen molar-refractivity contribution in [2.45, 2.75) is 37.8 Å². The molecule has 2 unspecified atom stereocenters. The Morgan fingerprint density at radius 2 is 1.75 bits per heavy atom. The van der Waals surface area contributed by atoms with Gasteiger partial charge in [-0.05, 0) is 25.7 Å². The fourth-order valence-electron chi connectivity index (χ4n) is 5.35. The molecule has 0 radical (unpaired) electrons. The maximum Gasteiger partial charge on any atom is 0.347 e. The predicted octanol–water partition coefficient (Wildman–Crippen LogP) is 1.13. The monoisotopic (exact) mass is 271 g/mol. The molecular formula is C15H17N3O2. The Hall–Kier alpha value is -1.78. The number of rotatable bonds is 0. The van der Waals surface area contributed by atoms with Gasteiger partial charge in [-0.25, -0.2) is 23.5 Å². The van der Waals surface area contributed by atoms with E-state index in [4.69, 9.17) is 0 Å². The van der Waals surface area contributed by atoms with Crippen LogP contribution in [-0.2, 0) is 7.05 Å². The van der Waals surface area contributed by atoms with Crippen molar-refractivity contribution >= 4 is 0 Å². The molecule has 2 aliphatic heterocycles. The van der Waals surface area contributed by atoms with E-state index in [0.29, 0.717) is 0 Å². The molecule has 4 atom stereocenters. The van der Waals surface area contributed by atoms with Crippen molar-refractivity contribution in [2.24, 2.45) is 17.9 Å². The Balaban J connectivity index is 1.92. The molecule has 0 amide bonds. The predicted molar refractivity (Wildman–Crippen MR) is 73.6 cm³/mol. The van der Waals surface area contributed by atoms with Gasteiger partial charge in [0.25, 0.3) is 0 Å². The summed E-state index contributed by atoms with van der Waals surface area (Å²) in [4.78, 5) is 24.8. The highest BCUT2D eigenvalue weighted by molar-refractivity contribution is 5.35. The molecule has 2 bridgehead atoms.